The van der Waals surface area contributed by atoms with Crippen LogP contribution in [-0.4, -0.2) is 9.55 Å². The summed E-state index contributed by atoms with van der Waals surface area (Å²) in [6.45, 7) is 3.77. The second-order valence-corrected chi connectivity index (χ2v) is 6.74. The molecule has 142 valence electrons. The van der Waals surface area contributed by atoms with E-state index < -0.39 is 6.17 Å². The Morgan fingerprint density at radius 2 is 1.89 bits per heavy atom. The number of halogens is 1. The molecule has 3 rings (SSSR count). The van der Waals surface area contributed by atoms with Gasteiger partial charge in [-0.2, -0.15) is 5.26 Å². The topological polar surface area (TPSA) is 58.7 Å². The van der Waals surface area contributed by atoms with Crippen molar-refractivity contribution in [2.75, 3.05) is 0 Å². The van der Waals surface area contributed by atoms with Crippen LogP contribution in [0.4, 0.5) is 4.39 Å². The number of alkyl halides is 1. The molecule has 0 fully saturated rings. The van der Waals surface area contributed by atoms with Crippen LogP contribution >= 0.6 is 0 Å². The predicted octanol–water partition coefficient (Wildman–Crippen LogP) is 4.81. The average molecular weight is 375 g/mol. The third-order valence-corrected chi connectivity index (χ3v) is 4.64. The summed E-state index contributed by atoms with van der Waals surface area (Å²) in [5.74, 6) is 0.605. The summed E-state index contributed by atoms with van der Waals surface area (Å²) < 4.78 is 15.2. The van der Waals surface area contributed by atoms with E-state index in [1.54, 1.807) is 10.6 Å². The van der Waals surface area contributed by atoms with Gasteiger partial charge in [0.25, 0.3) is 5.56 Å². The van der Waals surface area contributed by atoms with Crippen molar-refractivity contribution in [2.24, 2.45) is 0 Å². The van der Waals surface area contributed by atoms with Crippen LogP contribution in [0.2, 0.25) is 0 Å². The van der Waals surface area contributed by atoms with E-state index in [0.29, 0.717) is 24.4 Å². The number of nitriles is 1. The van der Waals surface area contributed by atoms with E-state index in [1.165, 1.54) is 13.0 Å². The highest BCUT2D eigenvalue weighted by Gasteiger charge is 2.13. The molecule has 28 heavy (non-hydrogen) atoms. The Morgan fingerprint density at radius 1 is 1.18 bits per heavy atom. The molecule has 0 spiro atoms. The number of nitrogens with zero attached hydrogens (tertiary/aromatic N) is 3. The van der Waals surface area contributed by atoms with E-state index in [-0.39, 0.29) is 11.3 Å². The summed E-state index contributed by atoms with van der Waals surface area (Å²) in [7, 11) is 0. The second kappa shape index (κ2) is 8.62. The fourth-order valence-corrected chi connectivity index (χ4v) is 3.17. The third-order valence-electron chi connectivity index (χ3n) is 4.64. The van der Waals surface area contributed by atoms with Crippen LogP contribution in [0.25, 0.3) is 11.1 Å². The minimum atomic E-state index is -1.27. The first kappa shape index (κ1) is 19.5. The molecule has 0 N–H and O–H groups in total. The van der Waals surface area contributed by atoms with Crippen LogP contribution in [0.1, 0.15) is 49.1 Å². The largest absolute Gasteiger partial charge is 0.292 e. The second-order valence-electron chi connectivity index (χ2n) is 6.74. The SMILES string of the molecule is CCCc1nc(C(C)F)cc(=O)n1Cc1ccc(-c2ccccc2C#N)cc1. The molecule has 3 aromatic rings. The van der Waals surface area contributed by atoms with E-state index in [9.17, 15) is 14.4 Å². The molecule has 4 nitrogen and oxygen atoms in total. The minimum absolute atomic E-state index is 0.188. The van der Waals surface area contributed by atoms with E-state index in [4.69, 9.17) is 0 Å². The summed E-state index contributed by atoms with van der Waals surface area (Å²) >= 11 is 0. The zero-order valence-electron chi connectivity index (χ0n) is 16.0. The smallest absolute Gasteiger partial charge is 0.254 e. The fraction of sp³-hybridized carbons (Fsp3) is 0.261. The van der Waals surface area contributed by atoms with Crippen LogP contribution in [0, 0.1) is 11.3 Å². The number of hydrogen-bond acceptors (Lipinski definition) is 3. The lowest BCUT2D eigenvalue weighted by Gasteiger charge is -2.14. The Bertz CT molecular complexity index is 1060. The summed E-state index contributed by atoms with van der Waals surface area (Å²) in [6, 6.07) is 18.7. The molecule has 0 aliphatic carbocycles. The van der Waals surface area contributed by atoms with Crippen molar-refractivity contribution in [1.29, 1.82) is 5.26 Å². The lowest BCUT2D eigenvalue weighted by atomic mass is 9.99. The van der Waals surface area contributed by atoms with Gasteiger partial charge in [-0.25, -0.2) is 9.37 Å². The highest BCUT2D eigenvalue weighted by molar-refractivity contribution is 5.70. The van der Waals surface area contributed by atoms with Crippen molar-refractivity contribution < 1.29 is 4.39 Å². The zero-order valence-corrected chi connectivity index (χ0v) is 16.0. The molecular weight excluding hydrogens is 353 g/mol. The van der Waals surface area contributed by atoms with Crippen LogP contribution in [-0.2, 0) is 13.0 Å². The summed E-state index contributed by atoms with van der Waals surface area (Å²) in [4.78, 5) is 16.9. The quantitative estimate of drug-likeness (QED) is 0.621. The van der Waals surface area contributed by atoms with Gasteiger partial charge in [0.05, 0.1) is 23.9 Å². The maximum Gasteiger partial charge on any atom is 0.254 e. The number of aryl methyl sites for hydroxylation is 1. The van der Waals surface area contributed by atoms with Crippen LogP contribution in [0.3, 0.4) is 0 Å². The number of aromatic nitrogens is 2. The van der Waals surface area contributed by atoms with Gasteiger partial charge in [-0.15, -0.1) is 0 Å². The van der Waals surface area contributed by atoms with Crippen molar-refractivity contribution >= 4 is 0 Å². The number of rotatable bonds is 6. The fourth-order valence-electron chi connectivity index (χ4n) is 3.17. The minimum Gasteiger partial charge on any atom is -0.292 e. The first-order valence-electron chi connectivity index (χ1n) is 9.36. The average Bonchev–Trinajstić information content (AvgIpc) is 2.71. The Kier molecular flexibility index (Phi) is 6.00. The van der Waals surface area contributed by atoms with Crippen LogP contribution < -0.4 is 5.56 Å². The molecule has 2 aromatic carbocycles. The zero-order chi connectivity index (χ0) is 20.1. The maximum absolute atomic E-state index is 13.6. The van der Waals surface area contributed by atoms with Crippen molar-refractivity contribution in [3.8, 4) is 17.2 Å². The molecule has 0 amide bonds. The van der Waals surface area contributed by atoms with E-state index in [0.717, 1.165) is 23.1 Å². The first-order valence-corrected chi connectivity index (χ1v) is 9.36. The summed E-state index contributed by atoms with van der Waals surface area (Å²) in [6.07, 6.45) is 0.168. The third kappa shape index (κ3) is 4.17. The Balaban J connectivity index is 1.92. The predicted molar refractivity (Wildman–Crippen MR) is 108 cm³/mol. The number of benzene rings is 2. The summed E-state index contributed by atoms with van der Waals surface area (Å²) in [5, 5.41) is 9.28. The molecule has 0 aliphatic heterocycles. The van der Waals surface area contributed by atoms with Gasteiger partial charge < -0.3 is 0 Å². The normalized spacial score (nSPS) is 11.8. The van der Waals surface area contributed by atoms with Crippen molar-refractivity contribution in [3.05, 3.63) is 87.6 Å². The molecule has 1 heterocycles. The van der Waals surface area contributed by atoms with E-state index >= 15 is 0 Å². The molecule has 5 heteroatoms. The highest BCUT2D eigenvalue weighted by Crippen LogP contribution is 2.23. The van der Waals surface area contributed by atoms with E-state index in [1.807, 2.05) is 49.4 Å². The highest BCUT2D eigenvalue weighted by atomic mass is 19.1. The molecule has 1 aromatic heterocycles. The van der Waals surface area contributed by atoms with Gasteiger partial charge >= 0.3 is 0 Å². The van der Waals surface area contributed by atoms with Crippen molar-refractivity contribution in [3.63, 3.8) is 0 Å². The van der Waals surface area contributed by atoms with Gasteiger partial charge in [0.15, 0.2) is 0 Å². The maximum atomic E-state index is 13.6. The van der Waals surface area contributed by atoms with Crippen LogP contribution in [0.15, 0.2) is 59.4 Å². The van der Waals surface area contributed by atoms with Gasteiger partial charge in [0.1, 0.15) is 12.0 Å². The van der Waals surface area contributed by atoms with Gasteiger partial charge in [-0.3, -0.25) is 9.36 Å². The molecular formula is C23H22FN3O. The van der Waals surface area contributed by atoms with Gasteiger partial charge in [0.2, 0.25) is 0 Å². The molecule has 0 saturated heterocycles. The Hall–Kier alpha value is -3.26. The monoisotopic (exact) mass is 375 g/mol. The molecule has 0 radical (unpaired) electrons. The Morgan fingerprint density at radius 3 is 2.54 bits per heavy atom. The molecule has 0 bridgehead atoms. The van der Waals surface area contributed by atoms with Gasteiger partial charge in [-0.05, 0) is 36.1 Å². The van der Waals surface area contributed by atoms with Gasteiger partial charge in [0, 0.05) is 12.5 Å². The van der Waals surface area contributed by atoms with Gasteiger partial charge in [-0.1, -0.05) is 49.4 Å². The standard InChI is InChI=1S/C23H22FN3O/c1-3-6-22-26-21(16(2)24)13-23(28)27(22)15-17-9-11-18(12-10-17)20-8-5-4-7-19(20)14-25/h4-5,7-13,16H,3,6,15H2,1-2H3. The molecule has 1 atom stereocenters. The lowest BCUT2D eigenvalue weighted by Crippen LogP contribution is -2.26. The van der Waals surface area contributed by atoms with Crippen molar-refractivity contribution in [1.82, 2.24) is 9.55 Å². The Labute approximate surface area is 163 Å². The summed E-state index contributed by atoms with van der Waals surface area (Å²) in [5.41, 5.74) is 3.34. The number of hydrogen-bond donors (Lipinski definition) is 0. The molecule has 0 aliphatic rings. The molecule has 0 saturated carbocycles. The van der Waals surface area contributed by atoms with Crippen molar-refractivity contribution in [2.45, 2.75) is 39.4 Å². The van der Waals surface area contributed by atoms with Crippen LogP contribution in [0.5, 0.6) is 0 Å². The molecule has 1 unspecified atom stereocenters. The van der Waals surface area contributed by atoms with E-state index in [2.05, 4.69) is 11.1 Å². The lowest BCUT2D eigenvalue weighted by molar-refractivity contribution is 0.362. The first-order chi connectivity index (χ1) is 13.5.